The van der Waals surface area contributed by atoms with Gasteiger partial charge >= 0.3 is 6.18 Å². The quantitative estimate of drug-likeness (QED) is 0.901. The lowest BCUT2D eigenvalue weighted by atomic mass is 10.0. The van der Waals surface area contributed by atoms with Crippen molar-refractivity contribution in [3.05, 3.63) is 35.4 Å². The SMILES string of the molecule is NCC1=NCC(Cc2ccccc2C(F)(F)F)O1. The summed E-state index contributed by atoms with van der Waals surface area (Å²) in [5.41, 5.74) is 4.96. The smallest absolute Gasteiger partial charge is 0.416 e. The molecule has 0 radical (unpaired) electrons. The first-order chi connectivity index (χ1) is 8.50. The Morgan fingerprint density at radius 1 is 1.33 bits per heavy atom. The molecule has 6 heteroatoms. The van der Waals surface area contributed by atoms with Crippen LogP contribution in [0, 0.1) is 0 Å². The molecule has 1 aliphatic rings. The predicted molar refractivity (Wildman–Crippen MR) is 61.4 cm³/mol. The summed E-state index contributed by atoms with van der Waals surface area (Å²) in [7, 11) is 0. The van der Waals surface area contributed by atoms with Crippen LogP contribution in [-0.4, -0.2) is 25.1 Å². The summed E-state index contributed by atoms with van der Waals surface area (Å²) in [6.07, 6.45) is -4.51. The van der Waals surface area contributed by atoms with E-state index in [0.717, 1.165) is 6.07 Å². The number of nitrogens with zero attached hydrogens (tertiary/aromatic N) is 1. The Bertz CT molecular complexity index is 457. The molecule has 1 aliphatic heterocycles. The molecule has 1 aromatic carbocycles. The van der Waals surface area contributed by atoms with E-state index in [1.807, 2.05) is 0 Å². The Kier molecular flexibility index (Phi) is 3.56. The maximum Gasteiger partial charge on any atom is 0.416 e. The average Bonchev–Trinajstić information content (AvgIpc) is 2.76. The van der Waals surface area contributed by atoms with Gasteiger partial charge in [0.1, 0.15) is 6.10 Å². The van der Waals surface area contributed by atoms with Crippen LogP contribution >= 0.6 is 0 Å². The standard InChI is InChI=1S/C12H13F3N2O/c13-12(14,15)10-4-2-1-3-8(10)5-9-7-17-11(6-16)18-9/h1-4,9H,5-7,16H2. The minimum absolute atomic E-state index is 0.178. The minimum Gasteiger partial charge on any atom is -0.474 e. The van der Waals surface area contributed by atoms with E-state index >= 15 is 0 Å². The number of nitrogens with two attached hydrogens (primary N) is 1. The van der Waals surface area contributed by atoms with Crippen molar-refractivity contribution in [2.75, 3.05) is 13.1 Å². The minimum atomic E-state index is -4.34. The van der Waals surface area contributed by atoms with Crippen molar-refractivity contribution in [3.8, 4) is 0 Å². The second-order valence-corrected chi connectivity index (χ2v) is 4.04. The molecule has 0 spiro atoms. The number of benzene rings is 1. The van der Waals surface area contributed by atoms with Crippen LogP contribution in [0.1, 0.15) is 11.1 Å². The summed E-state index contributed by atoms with van der Waals surface area (Å²) in [5.74, 6) is 0.407. The van der Waals surface area contributed by atoms with Gasteiger partial charge in [-0.05, 0) is 11.6 Å². The molecule has 0 aromatic heterocycles. The van der Waals surface area contributed by atoms with Gasteiger partial charge in [-0.1, -0.05) is 18.2 Å². The summed E-state index contributed by atoms with van der Waals surface area (Å²) in [5, 5.41) is 0. The zero-order valence-electron chi connectivity index (χ0n) is 9.57. The Hall–Kier alpha value is -1.56. The zero-order chi connectivity index (χ0) is 13.2. The molecule has 0 saturated carbocycles. The number of rotatable bonds is 3. The molecule has 2 N–H and O–H groups in total. The molecular formula is C12H13F3N2O. The van der Waals surface area contributed by atoms with E-state index in [0.29, 0.717) is 12.4 Å². The normalized spacial score (nSPS) is 19.6. The molecule has 1 unspecified atom stereocenters. The fourth-order valence-electron chi connectivity index (χ4n) is 1.91. The van der Waals surface area contributed by atoms with Gasteiger partial charge < -0.3 is 10.5 Å². The average molecular weight is 258 g/mol. The third kappa shape index (κ3) is 2.81. The van der Waals surface area contributed by atoms with E-state index in [4.69, 9.17) is 10.5 Å². The van der Waals surface area contributed by atoms with Gasteiger partial charge in [-0.15, -0.1) is 0 Å². The van der Waals surface area contributed by atoms with Crippen molar-refractivity contribution < 1.29 is 17.9 Å². The first-order valence-corrected chi connectivity index (χ1v) is 5.56. The van der Waals surface area contributed by atoms with Gasteiger partial charge in [0.05, 0.1) is 18.7 Å². The van der Waals surface area contributed by atoms with Crippen LogP contribution in [0.4, 0.5) is 13.2 Å². The Morgan fingerprint density at radius 2 is 2.06 bits per heavy atom. The van der Waals surface area contributed by atoms with E-state index in [1.54, 1.807) is 6.07 Å². The second-order valence-electron chi connectivity index (χ2n) is 4.04. The van der Waals surface area contributed by atoms with E-state index in [9.17, 15) is 13.2 Å². The highest BCUT2D eigenvalue weighted by molar-refractivity contribution is 5.79. The van der Waals surface area contributed by atoms with Crippen LogP contribution in [0.5, 0.6) is 0 Å². The van der Waals surface area contributed by atoms with Gasteiger partial charge in [-0.2, -0.15) is 13.2 Å². The first-order valence-electron chi connectivity index (χ1n) is 5.56. The van der Waals surface area contributed by atoms with Crippen LogP contribution in [-0.2, 0) is 17.3 Å². The third-order valence-corrected chi connectivity index (χ3v) is 2.72. The summed E-state index contributed by atoms with van der Waals surface area (Å²) in [4.78, 5) is 4.01. The molecule has 0 fully saturated rings. The van der Waals surface area contributed by atoms with Crippen molar-refractivity contribution in [2.24, 2.45) is 10.7 Å². The molecule has 3 nitrogen and oxygen atoms in total. The third-order valence-electron chi connectivity index (χ3n) is 2.72. The molecule has 18 heavy (non-hydrogen) atoms. The molecular weight excluding hydrogens is 245 g/mol. The highest BCUT2D eigenvalue weighted by atomic mass is 19.4. The molecule has 0 bridgehead atoms. The van der Waals surface area contributed by atoms with Crippen molar-refractivity contribution in [3.63, 3.8) is 0 Å². The van der Waals surface area contributed by atoms with Crippen LogP contribution < -0.4 is 5.73 Å². The molecule has 98 valence electrons. The fourth-order valence-corrected chi connectivity index (χ4v) is 1.91. The number of halogens is 3. The molecule has 1 atom stereocenters. The van der Waals surface area contributed by atoms with E-state index in [2.05, 4.69) is 4.99 Å². The molecule has 2 rings (SSSR count). The summed E-state index contributed by atoms with van der Waals surface area (Å²) in [6, 6.07) is 5.51. The molecule has 1 aromatic rings. The van der Waals surface area contributed by atoms with Gasteiger partial charge in [-0.25, -0.2) is 0 Å². The lowest BCUT2D eigenvalue weighted by Gasteiger charge is -2.15. The van der Waals surface area contributed by atoms with E-state index in [1.165, 1.54) is 12.1 Å². The molecule has 0 saturated heterocycles. The Morgan fingerprint density at radius 3 is 2.67 bits per heavy atom. The first kappa shape index (κ1) is 12.9. The maximum absolute atomic E-state index is 12.8. The second kappa shape index (κ2) is 4.97. The van der Waals surface area contributed by atoms with Gasteiger partial charge in [0.2, 0.25) is 0 Å². The van der Waals surface area contributed by atoms with Crippen molar-refractivity contribution in [1.29, 1.82) is 0 Å². The zero-order valence-corrected chi connectivity index (χ0v) is 9.57. The number of aliphatic imine (C=N–C) groups is 1. The molecule has 0 amide bonds. The number of hydrogen-bond donors (Lipinski definition) is 1. The number of hydrogen-bond acceptors (Lipinski definition) is 3. The van der Waals surface area contributed by atoms with Gasteiger partial charge in [0.15, 0.2) is 5.90 Å². The largest absolute Gasteiger partial charge is 0.474 e. The Labute approximate surface area is 102 Å². The van der Waals surface area contributed by atoms with E-state index in [-0.39, 0.29) is 24.6 Å². The van der Waals surface area contributed by atoms with Crippen molar-refractivity contribution >= 4 is 5.90 Å². The monoisotopic (exact) mass is 258 g/mol. The highest BCUT2D eigenvalue weighted by Gasteiger charge is 2.34. The van der Waals surface area contributed by atoms with Gasteiger partial charge in [0, 0.05) is 6.42 Å². The van der Waals surface area contributed by atoms with Crippen molar-refractivity contribution in [2.45, 2.75) is 18.7 Å². The lowest BCUT2D eigenvalue weighted by Crippen LogP contribution is -2.22. The van der Waals surface area contributed by atoms with Crippen LogP contribution in [0.2, 0.25) is 0 Å². The van der Waals surface area contributed by atoms with Crippen molar-refractivity contribution in [1.82, 2.24) is 0 Å². The maximum atomic E-state index is 12.8. The summed E-state index contributed by atoms with van der Waals surface area (Å²) >= 11 is 0. The van der Waals surface area contributed by atoms with Crippen LogP contribution in [0.25, 0.3) is 0 Å². The highest BCUT2D eigenvalue weighted by Crippen LogP contribution is 2.32. The predicted octanol–water partition coefficient (Wildman–Crippen LogP) is 2.00. The number of alkyl halides is 3. The molecule has 0 aliphatic carbocycles. The van der Waals surface area contributed by atoms with Gasteiger partial charge in [0.25, 0.3) is 0 Å². The molecule has 1 heterocycles. The van der Waals surface area contributed by atoms with Crippen LogP contribution in [0.15, 0.2) is 29.3 Å². The lowest BCUT2D eigenvalue weighted by molar-refractivity contribution is -0.138. The Balaban J connectivity index is 2.11. The van der Waals surface area contributed by atoms with E-state index < -0.39 is 11.7 Å². The summed E-state index contributed by atoms with van der Waals surface area (Å²) in [6.45, 7) is 0.538. The topological polar surface area (TPSA) is 47.6 Å². The number of ether oxygens (including phenoxy) is 1. The summed E-state index contributed by atoms with van der Waals surface area (Å²) < 4.78 is 43.7. The van der Waals surface area contributed by atoms with Crippen LogP contribution in [0.3, 0.4) is 0 Å². The fraction of sp³-hybridized carbons (Fsp3) is 0.417. The van der Waals surface area contributed by atoms with Gasteiger partial charge in [-0.3, -0.25) is 4.99 Å².